The monoisotopic (exact) mass is 474 g/mol. The summed E-state index contributed by atoms with van der Waals surface area (Å²) in [6.07, 6.45) is 3.88. The molecule has 0 bridgehead atoms. The maximum Gasteiger partial charge on any atom is 0.266 e. The van der Waals surface area contributed by atoms with Gasteiger partial charge in [-0.15, -0.1) is 0 Å². The SMILES string of the molecule is CCc1nn2c(ncc3c(=O)n(-c4cc(OC)c(OC)c(OC)c4)ccc32)c1-c1ccc(F)cc1. The van der Waals surface area contributed by atoms with Crippen LogP contribution in [0.15, 0.2) is 59.7 Å². The number of nitrogens with zero attached hydrogens (tertiary/aromatic N) is 4. The third-order valence-electron chi connectivity index (χ3n) is 5.98. The molecule has 0 aliphatic carbocycles. The Morgan fingerprint density at radius 2 is 1.66 bits per heavy atom. The zero-order chi connectivity index (χ0) is 24.7. The highest BCUT2D eigenvalue weighted by Crippen LogP contribution is 2.39. The number of rotatable bonds is 6. The van der Waals surface area contributed by atoms with Gasteiger partial charge in [0.15, 0.2) is 17.1 Å². The summed E-state index contributed by atoms with van der Waals surface area (Å²) < 4.78 is 32.9. The topological polar surface area (TPSA) is 79.9 Å². The van der Waals surface area contributed by atoms with Crippen molar-refractivity contribution in [3.05, 3.63) is 76.7 Å². The fourth-order valence-corrected chi connectivity index (χ4v) is 4.28. The molecule has 0 spiro atoms. The Kier molecular flexibility index (Phi) is 5.60. The van der Waals surface area contributed by atoms with Crippen LogP contribution in [0, 0.1) is 5.82 Å². The maximum atomic E-state index is 13.5. The molecule has 0 aliphatic rings. The number of aryl methyl sites for hydroxylation is 1. The van der Waals surface area contributed by atoms with Gasteiger partial charge >= 0.3 is 0 Å². The molecule has 35 heavy (non-hydrogen) atoms. The van der Waals surface area contributed by atoms with Gasteiger partial charge in [-0.25, -0.2) is 13.9 Å². The number of ether oxygens (including phenoxy) is 3. The molecule has 3 aromatic heterocycles. The van der Waals surface area contributed by atoms with Gasteiger partial charge in [0, 0.05) is 30.1 Å². The molecule has 3 heterocycles. The van der Waals surface area contributed by atoms with Gasteiger partial charge in [-0.05, 0) is 30.2 Å². The lowest BCUT2D eigenvalue weighted by Crippen LogP contribution is -2.19. The largest absolute Gasteiger partial charge is 0.493 e. The first kappa shape index (κ1) is 22.4. The number of halogens is 1. The van der Waals surface area contributed by atoms with Gasteiger partial charge < -0.3 is 14.2 Å². The third kappa shape index (κ3) is 3.56. The van der Waals surface area contributed by atoms with E-state index in [1.54, 1.807) is 41.2 Å². The molecule has 0 saturated heterocycles. The average Bonchev–Trinajstić information content (AvgIpc) is 3.27. The van der Waals surface area contributed by atoms with Crippen LogP contribution in [0.1, 0.15) is 12.6 Å². The van der Waals surface area contributed by atoms with E-state index in [4.69, 9.17) is 19.3 Å². The quantitative estimate of drug-likeness (QED) is 0.362. The lowest BCUT2D eigenvalue weighted by molar-refractivity contribution is 0.324. The molecular formula is C26H23FN4O4. The van der Waals surface area contributed by atoms with E-state index in [-0.39, 0.29) is 11.4 Å². The van der Waals surface area contributed by atoms with Crippen molar-refractivity contribution in [1.82, 2.24) is 19.2 Å². The van der Waals surface area contributed by atoms with Gasteiger partial charge in [0.2, 0.25) is 5.75 Å². The van der Waals surface area contributed by atoms with Crippen molar-refractivity contribution < 1.29 is 18.6 Å². The van der Waals surface area contributed by atoms with E-state index in [9.17, 15) is 9.18 Å². The normalized spacial score (nSPS) is 11.2. The summed E-state index contributed by atoms with van der Waals surface area (Å²) in [5.41, 5.74) is 3.94. The molecule has 0 fully saturated rings. The van der Waals surface area contributed by atoms with Crippen molar-refractivity contribution in [1.29, 1.82) is 0 Å². The third-order valence-corrected chi connectivity index (χ3v) is 5.98. The molecule has 2 aromatic carbocycles. The number of hydrogen-bond donors (Lipinski definition) is 0. The molecule has 0 aliphatic heterocycles. The first-order chi connectivity index (χ1) is 17.0. The van der Waals surface area contributed by atoms with Gasteiger partial charge in [-0.2, -0.15) is 5.10 Å². The molecule has 0 N–H and O–H groups in total. The highest BCUT2D eigenvalue weighted by Gasteiger charge is 2.19. The number of benzene rings is 2. The molecule has 5 rings (SSSR count). The number of pyridine rings is 1. The minimum Gasteiger partial charge on any atom is -0.493 e. The van der Waals surface area contributed by atoms with E-state index in [1.807, 2.05) is 13.0 Å². The molecule has 9 heteroatoms. The first-order valence-corrected chi connectivity index (χ1v) is 11.0. The molecule has 8 nitrogen and oxygen atoms in total. The fraction of sp³-hybridized carbons (Fsp3) is 0.192. The standard InChI is InChI=1S/C26H23FN4O4/c1-5-19-23(15-6-8-16(27)9-7-15)25-28-14-18-20(31(25)29-19)10-11-30(26(18)32)17-12-21(33-2)24(35-4)22(13-17)34-3/h6-14H,5H2,1-4H3. The van der Waals surface area contributed by atoms with E-state index in [2.05, 4.69) is 4.98 Å². The lowest BCUT2D eigenvalue weighted by atomic mass is 10.0. The minimum atomic E-state index is -0.311. The average molecular weight is 474 g/mol. The van der Waals surface area contributed by atoms with Gasteiger partial charge in [0.25, 0.3) is 5.56 Å². The predicted molar refractivity (Wildman–Crippen MR) is 131 cm³/mol. The Balaban J connectivity index is 1.73. The Hall–Kier alpha value is -4.40. The van der Waals surface area contributed by atoms with E-state index >= 15 is 0 Å². The predicted octanol–water partition coefficient (Wildman–Crippen LogP) is 4.43. The van der Waals surface area contributed by atoms with Crippen molar-refractivity contribution >= 4 is 16.6 Å². The summed E-state index contributed by atoms with van der Waals surface area (Å²) in [6.45, 7) is 1.99. The van der Waals surface area contributed by atoms with Crippen LogP contribution in [0.4, 0.5) is 4.39 Å². The van der Waals surface area contributed by atoms with Crippen LogP contribution >= 0.6 is 0 Å². The number of fused-ring (bicyclic) bond motifs is 3. The number of aromatic nitrogens is 4. The second-order valence-electron chi connectivity index (χ2n) is 7.85. The Morgan fingerprint density at radius 3 is 2.26 bits per heavy atom. The summed E-state index contributed by atoms with van der Waals surface area (Å²) in [6, 6.07) is 11.5. The van der Waals surface area contributed by atoms with Crippen molar-refractivity contribution in [2.45, 2.75) is 13.3 Å². The molecule has 0 radical (unpaired) electrons. The van der Waals surface area contributed by atoms with Crippen LogP contribution in [-0.4, -0.2) is 40.5 Å². The summed E-state index contributed by atoms with van der Waals surface area (Å²) in [4.78, 5) is 18.1. The molecule has 0 unspecified atom stereocenters. The van der Waals surface area contributed by atoms with Crippen molar-refractivity contribution in [2.75, 3.05) is 21.3 Å². The molecule has 0 atom stereocenters. The first-order valence-electron chi connectivity index (χ1n) is 11.0. The Labute approximate surface area is 200 Å². The summed E-state index contributed by atoms with van der Waals surface area (Å²) in [5.74, 6) is 0.999. The van der Waals surface area contributed by atoms with E-state index in [0.717, 1.165) is 16.8 Å². The summed E-state index contributed by atoms with van der Waals surface area (Å²) in [7, 11) is 4.56. The van der Waals surface area contributed by atoms with Crippen molar-refractivity contribution in [3.63, 3.8) is 0 Å². The van der Waals surface area contributed by atoms with Crippen LogP contribution < -0.4 is 19.8 Å². The number of hydrogen-bond acceptors (Lipinski definition) is 6. The Bertz CT molecular complexity index is 1600. The zero-order valence-electron chi connectivity index (χ0n) is 19.7. The maximum absolute atomic E-state index is 13.5. The van der Waals surface area contributed by atoms with E-state index in [0.29, 0.717) is 45.9 Å². The second-order valence-corrected chi connectivity index (χ2v) is 7.85. The minimum absolute atomic E-state index is 0.275. The molecule has 0 amide bonds. The summed E-state index contributed by atoms with van der Waals surface area (Å²) in [5, 5.41) is 5.13. The highest BCUT2D eigenvalue weighted by molar-refractivity contribution is 5.86. The van der Waals surface area contributed by atoms with E-state index < -0.39 is 0 Å². The van der Waals surface area contributed by atoms with E-state index in [1.165, 1.54) is 38.0 Å². The lowest BCUT2D eigenvalue weighted by Gasteiger charge is -2.15. The van der Waals surface area contributed by atoms with Gasteiger partial charge in [0.1, 0.15) is 5.82 Å². The van der Waals surface area contributed by atoms with Crippen LogP contribution in [0.25, 0.3) is 33.4 Å². The Morgan fingerprint density at radius 1 is 0.971 bits per heavy atom. The smallest absolute Gasteiger partial charge is 0.266 e. The summed E-state index contributed by atoms with van der Waals surface area (Å²) >= 11 is 0. The molecule has 5 aromatic rings. The molecular weight excluding hydrogens is 451 g/mol. The second kappa shape index (κ2) is 8.75. The van der Waals surface area contributed by atoms with Crippen molar-refractivity contribution in [3.8, 4) is 34.1 Å². The zero-order valence-corrected chi connectivity index (χ0v) is 19.7. The van der Waals surface area contributed by atoms with Gasteiger partial charge in [0.05, 0.1) is 43.6 Å². The van der Waals surface area contributed by atoms with Crippen LogP contribution in [0.2, 0.25) is 0 Å². The van der Waals surface area contributed by atoms with Crippen LogP contribution in [-0.2, 0) is 6.42 Å². The fourth-order valence-electron chi connectivity index (χ4n) is 4.28. The van der Waals surface area contributed by atoms with Gasteiger partial charge in [-0.1, -0.05) is 19.1 Å². The van der Waals surface area contributed by atoms with Crippen LogP contribution in [0.5, 0.6) is 17.2 Å². The van der Waals surface area contributed by atoms with Gasteiger partial charge in [-0.3, -0.25) is 9.36 Å². The van der Waals surface area contributed by atoms with Crippen molar-refractivity contribution in [2.24, 2.45) is 0 Å². The highest BCUT2D eigenvalue weighted by atomic mass is 19.1. The van der Waals surface area contributed by atoms with Crippen LogP contribution in [0.3, 0.4) is 0 Å². The molecule has 178 valence electrons. The number of methoxy groups -OCH3 is 3. The molecule has 0 saturated carbocycles.